The lowest BCUT2D eigenvalue weighted by atomic mass is 10.2. The highest BCUT2D eigenvalue weighted by molar-refractivity contribution is 6.06. The van der Waals surface area contributed by atoms with E-state index >= 15 is 0 Å². The molecule has 2 aromatic heterocycles. The van der Waals surface area contributed by atoms with Crippen LogP contribution in [0, 0.1) is 0 Å². The molecule has 2 heterocycles. The molecule has 0 fully saturated rings. The van der Waals surface area contributed by atoms with Crippen LogP contribution in [0.2, 0.25) is 0 Å². The zero-order valence-electron chi connectivity index (χ0n) is 10.2. The molecule has 0 N–H and O–H groups in total. The Kier molecular flexibility index (Phi) is 2.36. The molecule has 2 nitrogen and oxygen atoms in total. The number of pyridine rings is 1. The molecular formula is C15H16N2. The number of nitrogens with zero attached hydrogens (tertiary/aromatic N) is 2. The SMILES string of the molecule is CCC(C)n1c2ccccc2c2cccnc21. The van der Waals surface area contributed by atoms with Crippen LogP contribution in [0.25, 0.3) is 21.9 Å². The number of benzene rings is 1. The first-order valence-electron chi connectivity index (χ1n) is 6.16. The number of hydrogen-bond donors (Lipinski definition) is 0. The Morgan fingerprint density at radius 3 is 2.71 bits per heavy atom. The van der Waals surface area contributed by atoms with Crippen LogP contribution in [0.15, 0.2) is 42.6 Å². The fourth-order valence-corrected chi connectivity index (χ4v) is 2.45. The van der Waals surface area contributed by atoms with Crippen LogP contribution in [0.4, 0.5) is 0 Å². The first kappa shape index (κ1) is 10.3. The van der Waals surface area contributed by atoms with Gasteiger partial charge in [0.25, 0.3) is 0 Å². The van der Waals surface area contributed by atoms with Gasteiger partial charge in [-0.25, -0.2) is 4.98 Å². The molecule has 0 saturated heterocycles. The molecule has 3 rings (SSSR count). The summed E-state index contributed by atoms with van der Waals surface area (Å²) in [6.07, 6.45) is 2.99. The lowest BCUT2D eigenvalue weighted by molar-refractivity contribution is 0.559. The van der Waals surface area contributed by atoms with E-state index in [1.807, 2.05) is 12.3 Å². The summed E-state index contributed by atoms with van der Waals surface area (Å²) in [5.41, 5.74) is 2.39. The van der Waals surface area contributed by atoms with Crippen LogP contribution >= 0.6 is 0 Å². The fourth-order valence-electron chi connectivity index (χ4n) is 2.45. The zero-order chi connectivity index (χ0) is 11.8. The third kappa shape index (κ3) is 1.44. The van der Waals surface area contributed by atoms with E-state index in [0.717, 1.165) is 12.1 Å². The van der Waals surface area contributed by atoms with E-state index in [0.29, 0.717) is 6.04 Å². The van der Waals surface area contributed by atoms with Crippen LogP contribution in [-0.2, 0) is 0 Å². The van der Waals surface area contributed by atoms with Crippen LogP contribution in [0.3, 0.4) is 0 Å². The minimum absolute atomic E-state index is 0.479. The monoisotopic (exact) mass is 224 g/mol. The maximum Gasteiger partial charge on any atom is 0.141 e. The van der Waals surface area contributed by atoms with Gasteiger partial charge in [-0.2, -0.15) is 0 Å². The minimum Gasteiger partial charge on any atom is -0.322 e. The molecule has 3 aromatic rings. The maximum atomic E-state index is 4.55. The van der Waals surface area contributed by atoms with Gasteiger partial charge in [-0.05, 0) is 31.5 Å². The predicted molar refractivity (Wildman–Crippen MR) is 72.2 cm³/mol. The summed E-state index contributed by atoms with van der Waals surface area (Å²) in [4.78, 5) is 4.55. The van der Waals surface area contributed by atoms with E-state index in [-0.39, 0.29) is 0 Å². The van der Waals surface area contributed by atoms with E-state index in [4.69, 9.17) is 0 Å². The zero-order valence-corrected chi connectivity index (χ0v) is 10.2. The standard InChI is InChI=1S/C15H16N2/c1-3-11(2)17-14-9-5-4-7-12(14)13-8-6-10-16-15(13)17/h4-11H,3H2,1-2H3. The van der Waals surface area contributed by atoms with Gasteiger partial charge in [0.05, 0.1) is 5.52 Å². The highest BCUT2D eigenvalue weighted by Gasteiger charge is 2.13. The Bertz CT molecular complexity index is 614. The molecule has 17 heavy (non-hydrogen) atoms. The second kappa shape index (κ2) is 3.88. The van der Waals surface area contributed by atoms with Gasteiger partial charge in [-0.15, -0.1) is 0 Å². The average molecular weight is 224 g/mol. The first-order valence-corrected chi connectivity index (χ1v) is 6.16. The molecule has 0 spiro atoms. The molecular weight excluding hydrogens is 208 g/mol. The first-order chi connectivity index (χ1) is 8.33. The van der Waals surface area contributed by atoms with E-state index < -0.39 is 0 Å². The summed E-state index contributed by atoms with van der Waals surface area (Å²) in [7, 11) is 0. The normalized spacial score (nSPS) is 13.3. The predicted octanol–water partition coefficient (Wildman–Crippen LogP) is 4.16. The summed E-state index contributed by atoms with van der Waals surface area (Å²) < 4.78 is 2.35. The third-order valence-corrected chi connectivity index (χ3v) is 3.50. The lowest BCUT2D eigenvalue weighted by Gasteiger charge is -2.13. The highest BCUT2D eigenvalue weighted by atomic mass is 15.1. The number of fused-ring (bicyclic) bond motifs is 3. The Balaban J connectivity index is 2.50. The summed E-state index contributed by atoms with van der Waals surface area (Å²) in [5.74, 6) is 0. The molecule has 2 heteroatoms. The van der Waals surface area contributed by atoms with Crippen molar-refractivity contribution in [3.05, 3.63) is 42.6 Å². The van der Waals surface area contributed by atoms with Gasteiger partial charge in [-0.3, -0.25) is 0 Å². The fraction of sp³-hybridized carbons (Fsp3) is 0.267. The van der Waals surface area contributed by atoms with Crippen molar-refractivity contribution in [2.75, 3.05) is 0 Å². The van der Waals surface area contributed by atoms with E-state index in [1.165, 1.54) is 16.3 Å². The summed E-state index contributed by atoms with van der Waals surface area (Å²) in [5, 5.41) is 2.55. The van der Waals surface area contributed by atoms with Crippen LogP contribution in [0.1, 0.15) is 26.3 Å². The van der Waals surface area contributed by atoms with Crippen molar-refractivity contribution in [2.45, 2.75) is 26.3 Å². The molecule has 1 aromatic carbocycles. The Morgan fingerprint density at radius 2 is 1.88 bits per heavy atom. The summed E-state index contributed by atoms with van der Waals surface area (Å²) >= 11 is 0. The second-order valence-corrected chi connectivity index (χ2v) is 4.52. The minimum atomic E-state index is 0.479. The third-order valence-electron chi connectivity index (χ3n) is 3.50. The second-order valence-electron chi connectivity index (χ2n) is 4.52. The van der Waals surface area contributed by atoms with Crippen molar-refractivity contribution in [1.82, 2.24) is 9.55 Å². The van der Waals surface area contributed by atoms with Crippen molar-refractivity contribution in [2.24, 2.45) is 0 Å². The maximum absolute atomic E-state index is 4.55. The molecule has 0 saturated carbocycles. The van der Waals surface area contributed by atoms with E-state index in [1.54, 1.807) is 0 Å². The number of aromatic nitrogens is 2. The van der Waals surface area contributed by atoms with Gasteiger partial charge in [0.1, 0.15) is 5.65 Å². The molecule has 0 radical (unpaired) electrons. The van der Waals surface area contributed by atoms with Gasteiger partial charge in [0.2, 0.25) is 0 Å². The quantitative estimate of drug-likeness (QED) is 0.639. The summed E-state index contributed by atoms with van der Waals surface area (Å²) in [6, 6.07) is 13.2. The number of para-hydroxylation sites is 1. The van der Waals surface area contributed by atoms with Crippen LogP contribution in [-0.4, -0.2) is 9.55 Å². The van der Waals surface area contributed by atoms with Crippen molar-refractivity contribution in [3.8, 4) is 0 Å². The van der Waals surface area contributed by atoms with Gasteiger partial charge >= 0.3 is 0 Å². The molecule has 0 aliphatic heterocycles. The molecule has 0 bridgehead atoms. The van der Waals surface area contributed by atoms with Gasteiger partial charge in [0.15, 0.2) is 0 Å². The average Bonchev–Trinajstić information content (AvgIpc) is 2.72. The van der Waals surface area contributed by atoms with Crippen molar-refractivity contribution in [1.29, 1.82) is 0 Å². The van der Waals surface area contributed by atoms with E-state index in [2.05, 4.69) is 53.7 Å². The topological polar surface area (TPSA) is 17.8 Å². The van der Waals surface area contributed by atoms with Gasteiger partial charge in [-0.1, -0.05) is 25.1 Å². The van der Waals surface area contributed by atoms with Crippen molar-refractivity contribution in [3.63, 3.8) is 0 Å². The van der Waals surface area contributed by atoms with Gasteiger partial charge < -0.3 is 4.57 Å². The molecule has 1 unspecified atom stereocenters. The lowest BCUT2D eigenvalue weighted by Crippen LogP contribution is -2.03. The molecule has 0 aliphatic carbocycles. The molecule has 86 valence electrons. The van der Waals surface area contributed by atoms with Gasteiger partial charge in [0, 0.05) is 23.0 Å². The van der Waals surface area contributed by atoms with Crippen molar-refractivity contribution < 1.29 is 0 Å². The molecule has 0 amide bonds. The Morgan fingerprint density at radius 1 is 1.12 bits per heavy atom. The Labute approximate surface area is 101 Å². The smallest absolute Gasteiger partial charge is 0.141 e. The largest absolute Gasteiger partial charge is 0.322 e. The van der Waals surface area contributed by atoms with Crippen LogP contribution < -0.4 is 0 Å². The number of rotatable bonds is 2. The Hall–Kier alpha value is -1.83. The molecule has 0 aliphatic rings. The molecule has 1 atom stereocenters. The number of hydrogen-bond acceptors (Lipinski definition) is 1. The highest BCUT2D eigenvalue weighted by Crippen LogP contribution is 2.30. The summed E-state index contributed by atoms with van der Waals surface area (Å²) in [6.45, 7) is 4.47. The van der Waals surface area contributed by atoms with Crippen LogP contribution in [0.5, 0.6) is 0 Å². The van der Waals surface area contributed by atoms with E-state index in [9.17, 15) is 0 Å². The van der Waals surface area contributed by atoms with Crippen molar-refractivity contribution >= 4 is 21.9 Å².